The number of hydrogen-bond donors (Lipinski definition) is 2. The summed E-state index contributed by atoms with van der Waals surface area (Å²) < 4.78 is 12.2. The van der Waals surface area contributed by atoms with Gasteiger partial charge in [-0.2, -0.15) is 0 Å². The number of carbonyl (C=O) groups excluding carboxylic acids is 3. The number of fused-ring (bicyclic) bond motifs is 1. The predicted molar refractivity (Wildman–Crippen MR) is 150 cm³/mol. The van der Waals surface area contributed by atoms with Crippen molar-refractivity contribution < 1.29 is 34.1 Å². The van der Waals surface area contributed by atoms with E-state index in [9.17, 15) is 24.6 Å². The van der Waals surface area contributed by atoms with Gasteiger partial charge in [0.1, 0.15) is 16.2 Å². The molecule has 1 atom stereocenters. The van der Waals surface area contributed by atoms with E-state index in [4.69, 9.17) is 9.47 Å². The summed E-state index contributed by atoms with van der Waals surface area (Å²) in [5.41, 5.74) is 2.52. The number of esters is 1. The van der Waals surface area contributed by atoms with Crippen molar-refractivity contribution in [1.29, 1.82) is 0 Å². The highest BCUT2D eigenvalue weighted by Gasteiger charge is 2.49. The highest BCUT2D eigenvalue weighted by atomic mass is 79.9. The molecular weight excluding hydrogens is 604 g/mol. The first-order valence-electron chi connectivity index (χ1n) is 11.9. The Morgan fingerprint density at radius 2 is 1.88 bits per heavy atom. The van der Waals surface area contributed by atoms with Gasteiger partial charge in [-0.05, 0) is 66.0 Å². The third-order valence-electron chi connectivity index (χ3n) is 6.70. The smallest absolute Gasteiger partial charge is 0.350 e. The number of carbonyl (C=O) groups is 3. The Morgan fingerprint density at radius 3 is 2.52 bits per heavy atom. The number of phenols is 1. The van der Waals surface area contributed by atoms with E-state index in [1.807, 2.05) is 19.1 Å². The Labute approximate surface area is 240 Å². The lowest BCUT2D eigenvalue weighted by molar-refractivity contribution is -0.132. The minimum atomic E-state index is -1.20. The molecule has 0 spiro atoms. The number of aryl methyl sites for hydroxylation is 3. The molecule has 0 saturated carbocycles. The number of rotatable bonds is 5. The number of hydrogen-bond acceptors (Lipinski definition) is 10. The van der Waals surface area contributed by atoms with E-state index in [0.29, 0.717) is 22.6 Å². The predicted octanol–water partition coefficient (Wildman–Crippen LogP) is 4.61. The van der Waals surface area contributed by atoms with Crippen molar-refractivity contribution in [3.63, 3.8) is 0 Å². The molecule has 4 heterocycles. The molecule has 2 N–H and O–H groups in total. The second-order valence-corrected chi connectivity index (χ2v) is 10.9. The molecule has 1 aliphatic heterocycles. The number of anilines is 1. The molecule has 4 aromatic rings. The number of pyridine rings is 1. The maximum atomic E-state index is 13.6. The second kappa shape index (κ2) is 10.1. The van der Waals surface area contributed by atoms with Crippen LogP contribution in [0.25, 0.3) is 11.4 Å². The summed E-state index contributed by atoms with van der Waals surface area (Å²) in [5, 5.41) is 22.1. The topological polar surface area (TPSA) is 144 Å². The van der Waals surface area contributed by atoms with Gasteiger partial charge in [0.25, 0.3) is 5.78 Å². The molecule has 1 saturated heterocycles. The monoisotopic (exact) mass is 626 g/mol. The number of benzene rings is 1. The van der Waals surface area contributed by atoms with Crippen molar-refractivity contribution in [3.8, 4) is 11.5 Å². The number of aliphatic hydroxyl groups is 1. The van der Waals surface area contributed by atoms with Crippen molar-refractivity contribution in [2.24, 2.45) is 0 Å². The number of imidazole rings is 1. The van der Waals surface area contributed by atoms with E-state index >= 15 is 0 Å². The molecular formula is C27H23BrN4O7S. The van der Waals surface area contributed by atoms with Crippen molar-refractivity contribution in [2.45, 2.75) is 26.8 Å². The second-order valence-electron chi connectivity index (χ2n) is 9.06. The maximum Gasteiger partial charge on any atom is 0.350 e. The summed E-state index contributed by atoms with van der Waals surface area (Å²) in [6.07, 6.45) is 1.78. The quantitative estimate of drug-likeness (QED) is 0.140. The number of methoxy groups -OCH3 is 2. The normalized spacial score (nSPS) is 16.6. The van der Waals surface area contributed by atoms with E-state index < -0.39 is 29.5 Å². The first kappa shape index (κ1) is 27.3. The number of phenolic OH excluding ortho intramolecular Hbond substituents is 1. The van der Waals surface area contributed by atoms with E-state index in [2.05, 4.69) is 25.9 Å². The molecule has 1 unspecified atom stereocenters. The summed E-state index contributed by atoms with van der Waals surface area (Å²) >= 11 is 4.17. The van der Waals surface area contributed by atoms with Crippen molar-refractivity contribution in [3.05, 3.63) is 73.6 Å². The summed E-state index contributed by atoms with van der Waals surface area (Å²) in [5.74, 6) is -3.16. The fourth-order valence-electron chi connectivity index (χ4n) is 4.69. The molecule has 206 valence electrons. The number of halogens is 1. The van der Waals surface area contributed by atoms with Crippen molar-refractivity contribution in [2.75, 3.05) is 19.1 Å². The van der Waals surface area contributed by atoms with Gasteiger partial charge in [0, 0.05) is 6.20 Å². The zero-order valence-corrected chi connectivity index (χ0v) is 24.4. The number of aliphatic hydroxyl groups excluding tert-OH is 1. The first-order chi connectivity index (χ1) is 19.0. The van der Waals surface area contributed by atoms with Crippen LogP contribution < -0.4 is 9.64 Å². The van der Waals surface area contributed by atoms with Gasteiger partial charge in [-0.3, -0.25) is 14.5 Å². The van der Waals surface area contributed by atoms with Crippen LogP contribution in [0.15, 0.2) is 40.5 Å². The molecule has 5 rings (SSSR count). The van der Waals surface area contributed by atoms with Crippen LogP contribution >= 0.6 is 27.3 Å². The Hall–Kier alpha value is -4.23. The number of Topliss-reactive ketones (excluding diaryl/α,β-unsaturated/α-hetero) is 1. The standard InChI is InChI=1S/C27H23BrN4O7S/c1-11-7-6-8-31-13(3)18(30-24(11)31)21(34)17-19(14-9-15(28)20(33)16(10-14)38-4)32(25(36)22(17)35)27-29-12(2)23(40-27)26(37)39-5/h6-10,19,33-34H,1-5H3. The Morgan fingerprint density at radius 1 is 1.15 bits per heavy atom. The molecule has 40 heavy (non-hydrogen) atoms. The number of nitrogens with zero attached hydrogens (tertiary/aromatic N) is 4. The van der Waals surface area contributed by atoms with E-state index in [1.165, 1.54) is 26.4 Å². The number of ketones is 1. The van der Waals surface area contributed by atoms with Crippen molar-refractivity contribution >= 4 is 61.5 Å². The number of aromatic nitrogens is 3. The minimum Gasteiger partial charge on any atom is -0.505 e. The third kappa shape index (κ3) is 4.12. The van der Waals surface area contributed by atoms with Gasteiger partial charge in [0.15, 0.2) is 22.4 Å². The third-order valence-corrected chi connectivity index (χ3v) is 8.44. The molecule has 11 nitrogen and oxygen atoms in total. The zero-order chi connectivity index (χ0) is 29.0. The molecule has 1 aliphatic rings. The molecule has 0 aliphatic carbocycles. The first-order valence-corrected chi connectivity index (χ1v) is 13.5. The van der Waals surface area contributed by atoms with Crippen LogP contribution in [0.2, 0.25) is 0 Å². The van der Waals surface area contributed by atoms with Gasteiger partial charge < -0.3 is 24.1 Å². The van der Waals surface area contributed by atoms with Crippen LogP contribution in [0.1, 0.15) is 43.9 Å². The largest absolute Gasteiger partial charge is 0.505 e. The van der Waals surface area contributed by atoms with Crippen LogP contribution in [-0.2, 0) is 14.3 Å². The summed E-state index contributed by atoms with van der Waals surface area (Å²) in [6, 6.07) is 5.47. The van der Waals surface area contributed by atoms with Crippen LogP contribution in [0.4, 0.5) is 5.13 Å². The van der Waals surface area contributed by atoms with E-state index in [1.54, 1.807) is 24.4 Å². The number of ether oxygens (including phenoxy) is 2. The average molecular weight is 627 g/mol. The van der Waals surface area contributed by atoms with Gasteiger partial charge >= 0.3 is 11.9 Å². The Kier molecular flexibility index (Phi) is 6.88. The lowest BCUT2D eigenvalue weighted by Crippen LogP contribution is -2.29. The van der Waals surface area contributed by atoms with E-state index in [-0.39, 0.29) is 37.2 Å². The zero-order valence-electron chi connectivity index (χ0n) is 22.0. The lowest BCUT2D eigenvalue weighted by atomic mass is 9.96. The minimum absolute atomic E-state index is 0.0507. The fraction of sp³-hybridized carbons (Fsp3) is 0.222. The Bertz CT molecular complexity index is 1770. The van der Waals surface area contributed by atoms with Crippen LogP contribution in [-0.4, -0.2) is 56.5 Å². The van der Waals surface area contributed by atoms with Gasteiger partial charge in [-0.1, -0.05) is 17.4 Å². The molecule has 13 heteroatoms. The average Bonchev–Trinajstić information content (AvgIpc) is 3.57. The lowest BCUT2D eigenvalue weighted by Gasteiger charge is -2.23. The Balaban J connectivity index is 1.80. The van der Waals surface area contributed by atoms with Crippen molar-refractivity contribution in [1.82, 2.24) is 14.4 Å². The van der Waals surface area contributed by atoms with Gasteiger partial charge in [-0.25, -0.2) is 14.8 Å². The van der Waals surface area contributed by atoms with Gasteiger partial charge in [-0.15, -0.1) is 0 Å². The molecule has 1 fully saturated rings. The highest BCUT2D eigenvalue weighted by Crippen LogP contribution is 2.47. The molecule has 3 aromatic heterocycles. The number of aromatic hydroxyl groups is 1. The van der Waals surface area contributed by atoms with Gasteiger partial charge in [0.05, 0.1) is 41.7 Å². The van der Waals surface area contributed by atoms with Gasteiger partial charge in [0.2, 0.25) is 0 Å². The van der Waals surface area contributed by atoms with E-state index in [0.717, 1.165) is 21.8 Å². The fourth-order valence-corrected chi connectivity index (χ4v) is 6.17. The van der Waals surface area contributed by atoms with Crippen LogP contribution in [0, 0.1) is 20.8 Å². The number of thiazole rings is 1. The molecule has 0 radical (unpaired) electrons. The molecule has 1 amide bonds. The molecule has 1 aromatic carbocycles. The highest BCUT2D eigenvalue weighted by molar-refractivity contribution is 9.10. The summed E-state index contributed by atoms with van der Waals surface area (Å²) in [6.45, 7) is 5.20. The maximum absolute atomic E-state index is 13.6. The van der Waals surface area contributed by atoms with Crippen LogP contribution in [0.5, 0.6) is 11.5 Å². The van der Waals surface area contributed by atoms with Crippen LogP contribution in [0.3, 0.4) is 0 Å². The SMILES string of the molecule is COC(=O)c1sc(N2C(=O)C(=O)C(=C(O)c3nc4c(C)cccn4c3C)C2c2cc(Br)c(O)c(OC)c2)nc1C. The number of amides is 1. The molecule has 0 bridgehead atoms. The summed E-state index contributed by atoms with van der Waals surface area (Å²) in [7, 11) is 2.59. The summed E-state index contributed by atoms with van der Waals surface area (Å²) in [4.78, 5) is 49.7.